The van der Waals surface area contributed by atoms with Crippen LogP contribution in [0.1, 0.15) is 16.1 Å². The van der Waals surface area contributed by atoms with E-state index in [1.165, 1.54) is 0 Å². The Morgan fingerprint density at radius 2 is 2.10 bits per heavy atom. The van der Waals surface area contributed by atoms with Crippen molar-refractivity contribution in [3.63, 3.8) is 0 Å². The Morgan fingerprint density at radius 1 is 1.30 bits per heavy atom. The fraction of sp³-hybridized carbons (Fsp3) is 0.0714. The second-order valence-corrected chi connectivity index (χ2v) is 4.37. The van der Waals surface area contributed by atoms with Crippen LogP contribution >= 0.6 is 0 Å². The van der Waals surface area contributed by atoms with E-state index in [-0.39, 0.29) is 5.69 Å². The molecule has 3 heterocycles. The summed E-state index contributed by atoms with van der Waals surface area (Å²) in [6, 6.07) is 7.47. The second-order valence-electron chi connectivity index (χ2n) is 4.37. The highest BCUT2D eigenvalue weighted by Gasteiger charge is 2.09. The van der Waals surface area contributed by atoms with E-state index in [0.717, 1.165) is 16.5 Å². The van der Waals surface area contributed by atoms with Gasteiger partial charge in [0.05, 0.1) is 5.52 Å². The third-order valence-electron chi connectivity index (χ3n) is 3.09. The highest BCUT2D eigenvalue weighted by Crippen LogP contribution is 2.17. The molecule has 0 aliphatic heterocycles. The van der Waals surface area contributed by atoms with E-state index in [1.54, 1.807) is 30.1 Å². The number of carbonyl (C=O) groups excluding carboxylic acids is 1. The third-order valence-corrected chi connectivity index (χ3v) is 3.09. The van der Waals surface area contributed by atoms with Crippen molar-refractivity contribution < 1.29 is 10.0 Å². The van der Waals surface area contributed by atoms with Crippen LogP contribution in [0.4, 0.5) is 0 Å². The lowest BCUT2D eigenvalue weighted by molar-refractivity contribution is 0.0701. The number of nitrogens with zero attached hydrogens (tertiary/aromatic N) is 3. The van der Waals surface area contributed by atoms with E-state index in [4.69, 9.17) is 5.21 Å². The van der Waals surface area contributed by atoms with E-state index in [2.05, 4.69) is 9.97 Å². The number of amides is 1. The van der Waals surface area contributed by atoms with Gasteiger partial charge in [0.25, 0.3) is 5.91 Å². The van der Waals surface area contributed by atoms with Crippen LogP contribution in [0.3, 0.4) is 0 Å². The summed E-state index contributed by atoms with van der Waals surface area (Å²) in [4.78, 5) is 19.4. The Labute approximate surface area is 114 Å². The lowest BCUT2D eigenvalue weighted by Crippen LogP contribution is -2.19. The Kier molecular flexibility index (Phi) is 3.14. The highest BCUT2D eigenvalue weighted by atomic mass is 16.5. The molecule has 0 unspecified atom stereocenters. The molecule has 6 heteroatoms. The van der Waals surface area contributed by atoms with Gasteiger partial charge in [-0.1, -0.05) is 0 Å². The molecule has 100 valence electrons. The van der Waals surface area contributed by atoms with E-state index < -0.39 is 5.91 Å². The Bertz CT molecular complexity index is 752. The normalized spacial score (nSPS) is 10.7. The van der Waals surface area contributed by atoms with Crippen LogP contribution in [0.25, 0.3) is 10.9 Å². The molecular formula is C14H12N4O2. The Balaban J connectivity index is 2.01. The molecule has 0 aliphatic rings. The average Bonchev–Trinajstić information content (AvgIpc) is 2.90. The van der Waals surface area contributed by atoms with Crippen molar-refractivity contribution in [2.24, 2.45) is 0 Å². The predicted molar refractivity (Wildman–Crippen MR) is 72.3 cm³/mol. The van der Waals surface area contributed by atoms with Crippen molar-refractivity contribution in [2.45, 2.75) is 6.54 Å². The van der Waals surface area contributed by atoms with Gasteiger partial charge in [-0.15, -0.1) is 0 Å². The number of pyridine rings is 2. The van der Waals surface area contributed by atoms with Crippen molar-refractivity contribution in [3.05, 3.63) is 60.3 Å². The van der Waals surface area contributed by atoms with Crippen molar-refractivity contribution >= 4 is 16.8 Å². The second kappa shape index (κ2) is 5.10. The number of nitrogens with one attached hydrogen (secondary N) is 1. The van der Waals surface area contributed by atoms with E-state index >= 15 is 0 Å². The molecule has 3 aromatic rings. The maximum Gasteiger partial charge on any atom is 0.293 e. The third kappa shape index (κ3) is 2.24. The Morgan fingerprint density at radius 3 is 2.85 bits per heavy atom. The molecule has 3 aromatic heterocycles. The first-order valence-electron chi connectivity index (χ1n) is 6.06. The van der Waals surface area contributed by atoms with Gasteiger partial charge in [0.2, 0.25) is 0 Å². The molecule has 0 spiro atoms. The minimum absolute atomic E-state index is 0.176. The van der Waals surface area contributed by atoms with E-state index in [1.807, 2.05) is 29.0 Å². The van der Waals surface area contributed by atoms with E-state index in [0.29, 0.717) is 6.54 Å². The molecular weight excluding hydrogens is 256 g/mol. The van der Waals surface area contributed by atoms with Gasteiger partial charge >= 0.3 is 0 Å². The molecule has 0 aromatic carbocycles. The molecule has 3 rings (SSSR count). The summed E-state index contributed by atoms with van der Waals surface area (Å²) >= 11 is 0. The molecule has 0 aliphatic carbocycles. The summed E-state index contributed by atoms with van der Waals surface area (Å²) in [5.74, 6) is -0.622. The monoisotopic (exact) mass is 268 g/mol. The number of aromatic nitrogens is 3. The van der Waals surface area contributed by atoms with Gasteiger partial charge in [-0.05, 0) is 29.8 Å². The fourth-order valence-corrected chi connectivity index (χ4v) is 2.09. The van der Waals surface area contributed by atoms with Crippen LogP contribution in [0, 0.1) is 0 Å². The van der Waals surface area contributed by atoms with Gasteiger partial charge in [0.1, 0.15) is 5.69 Å². The number of fused-ring (bicyclic) bond motifs is 1. The molecule has 2 N–H and O–H groups in total. The number of hydroxylamine groups is 1. The van der Waals surface area contributed by atoms with Gasteiger partial charge in [-0.25, -0.2) is 5.48 Å². The van der Waals surface area contributed by atoms with Crippen molar-refractivity contribution in [1.29, 1.82) is 0 Å². The summed E-state index contributed by atoms with van der Waals surface area (Å²) in [6.07, 6.45) is 7.04. The lowest BCUT2D eigenvalue weighted by Gasteiger charge is -2.06. The summed E-state index contributed by atoms with van der Waals surface area (Å²) < 4.78 is 2.01. The first-order chi connectivity index (χ1) is 9.78. The molecule has 6 nitrogen and oxygen atoms in total. The summed E-state index contributed by atoms with van der Waals surface area (Å²) in [7, 11) is 0. The van der Waals surface area contributed by atoms with Crippen LogP contribution in [0.5, 0.6) is 0 Å². The first kappa shape index (κ1) is 12.3. The lowest BCUT2D eigenvalue weighted by atomic mass is 10.2. The smallest absolute Gasteiger partial charge is 0.293 e. The minimum atomic E-state index is -0.622. The van der Waals surface area contributed by atoms with Crippen LogP contribution < -0.4 is 5.48 Å². The standard InChI is InChI=1S/C14H12N4O2/c19-14(17-20)12-7-13-11(8-16-12)3-6-18(13)9-10-1-4-15-5-2-10/h1-8,20H,9H2,(H,17,19). The zero-order chi connectivity index (χ0) is 13.9. The summed E-state index contributed by atoms with van der Waals surface area (Å²) in [5, 5.41) is 9.60. The number of rotatable bonds is 3. The number of carbonyl (C=O) groups is 1. The van der Waals surface area contributed by atoms with Crippen molar-refractivity contribution in [3.8, 4) is 0 Å². The van der Waals surface area contributed by atoms with Gasteiger partial charge < -0.3 is 4.57 Å². The van der Waals surface area contributed by atoms with Crippen LogP contribution in [0.2, 0.25) is 0 Å². The maximum absolute atomic E-state index is 11.4. The SMILES string of the molecule is O=C(NO)c1cc2c(ccn2Cc2ccncc2)cn1. The molecule has 0 atom stereocenters. The van der Waals surface area contributed by atoms with Crippen LogP contribution in [-0.2, 0) is 6.54 Å². The van der Waals surface area contributed by atoms with Crippen molar-refractivity contribution in [1.82, 2.24) is 20.0 Å². The van der Waals surface area contributed by atoms with Gasteiger partial charge in [0, 0.05) is 36.7 Å². The Hall–Kier alpha value is -2.73. The van der Waals surface area contributed by atoms with Gasteiger partial charge in [-0.3, -0.25) is 20.0 Å². The van der Waals surface area contributed by atoms with E-state index in [9.17, 15) is 4.79 Å². The quantitative estimate of drug-likeness (QED) is 0.558. The largest absolute Gasteiger partial charge is 0.343 e. The van der Waals surface area contributed by atoms with Crippen molar-refractivity contribution in [2.75, 3.05) is 0 Å². The molecule has 0 radical (unpaired) electrons. The molecule has 0 saturated heterocycles. The molecule has 0 saturated carbocycles. The fourth-order valence-electron chi connectivity index (χ4n) is 2.09. The number of hydrogen-bond acceptors (Lipinski definition) is 4. The zero-order valence-electron chi connectivity index (χ0n) is 10.5. The highest BCUT2D eigenvalue weighted by molar-refractivity contribution is 5.95. The van der Waals surface area contributed by atoms with Gasteiger partial charge in [-0.2, -0.15) is 0 Å². The van der Waals surface area contributed by atoms with Crippen LogP contribution in [-0.4, -0.2) is 25.6 Å². The molecule has 20 heavy (non-hydrogen) atoms. The minimum Gasteiger partial charge on any atom is -0.343 e. The predicted octanol–water partition coefficient (Wildman–Crippen LogP) is 1.60. The summed E-state index contributed by atoms with van der Waals surface area (Å²) in [5.41, 5.74) is 3.76. The maximum atomic E-state index is 11.4. The molecule has 1 amide bonds. The van der Waals surface area contributed by atoms with Crippen LogP contribution in [0.15, 0.2) is 49.1 Å². The zero-order valence-corrected chi connectivity index (χ0v) is 10.5. The number of hydrogen-bond donors (Lipinski definition) is 2. The first-order valence-corrected chi connectivity index (χ1v) is 6.06. The van der Waals surface area contributed by atoms with Gasteiger partial charge in [0.15, 0.2) is 0 Å². The molecule has 0 bridgehead atoms. The summed E-state index contributed by atoms with van der Waals surface area (Å²) in [6.45, 7) is 0.677. The topological polar surface area (TPSA) is 80.0 Å². The molecule has 0 fully saturated rings. The average molecular weight is 268 g/mol.